The Hall–Kier alpha value is -1.63. The maximum Gasteiger partial charge on any atom is 0.305 e. The number of aliphatic hydroxyl groups is 3. The van der Waals surface area contributed by atoms with Crippen LogP contribution in [0.2, 0.25) is 0 Å². The van der Waals surface area contributed by atoms with Crippen LogP contribution in [-0.2, 0) is 9.53 Å². The highest BCUT2D eigenvalue weighted by atomic mass is 16.5. The Kier molecular flexibility index (Phi) is 10.1. The Morgan fingerprint density at radius 3 is 2.68 bits per heavy atom. The number of carbonyl (C=O) groups is 1. The molecule has 0 saturated heterocycles. The lowest BCUT2D eigenvalue weighted by Crippen LogP contribution is -2.23. The van der Waals surface area contributed by atoms with Gasteiger partial charge in [-0.1, -0.05) is 38.3 Å². The van der Waals surface area contributed by atoms with Gasteiger partial charge in [-0.15, -0.1) is 0 Å². The molecule has 0 bridgehead atoms. The fourth-order valence-electron chi connectivity index (χ4n) is 2.52. The molecule has 25 heavy (non-hydrogen) atoms. The van der Waals surface area contributed by atoms with E-state index in [0.717, 1.165) is 19.3 Å². The standard InChI is InChI=1S/C19H30O6/c1-3-4-5-7-17(22)19-14(12-13-25-19)10-11-16(21)15(20)8-6-9-18(23)24-2/h10-13,15-17,20-22H,3-9H2,1-2H3/b11-10+/t15-,16+,17-/m0/s1. The molecular formula is C19H30O6. The van der Waals surface area contributed by atoms with E-state index in [2.05, 4.69) is 11.7 Å². The lowest BCUT2D eigenvalue weighted by atomic mass is 10.0. The highest BCUT2D eigenvalue weighted by Gasteiger charge is 2.17. The van der Waals surface area contributed by atoms with E-state index in [1.807, 2.05) is 0 Å². The number of esters is 1. The highest BCUT2D eigenvalue weighted by molar-refractivity contribution is 5.69. The summed E-state index contributed by atoms with van der Waals surface area (Å²) >= 11 is 0. The van der Waals surface area contributed by atoms with Crippen LogP contribution >= 0.6 is 0 Å². The number of aliphatic hydroxyl groups excluding tert-OH is 3. The molecule has 0 unspecified atom stereocenters. The van der Waals surface area contributed by atoms with Crippen molar-refractivity contribution in [2.24, 2.45) is 0 Å². The van der Waals surface area contributed by atoms with Crippen molar-refractivity contribution < 1.29 is 29.3 Å². The SMILES string of the molecule is CCCCC[C@H](O)c1occc1/C=C/[C@@H](O)[C@@H](O)CCCC(=O)OC. The molecule has 6 nitrogen and oxygen atoms in total. The molecule has 0 aromatic carbocycles. The average molecular weight is 354 g/mol. The largest absolute Gasteiger partial charge is 0.469 e. The van der Waals surface area contributed by atoms with E-state index < -0.39 is 18.3 Å². The van der Waals surface area contributed by atoms with E-state index in [1.165, 1.54) is 19.4 Å². The molecule has 1 heterocycles. The van der Waals surface area contributed by atoms with Gasteiger partial charge in [-0.2, -0.15) is 0 Å². The summed E-state index contributed by atoms with van der Waals surface area (Å²) in [6.45, 7) is 2.10. The van der Waals surface area contributed by atoms with Crippen molar-refractivity contribution in [3.63, 3.8) is 0 Å². The van der Waals surface area contributed by atoms with Crippen LogP contribution < -0.4 is 0 Å². The van der Waals surface area contributed by atoms with Crippen molar-refractivity contribution in [3.05, 3.63) is 29.7 Å². The van der Waals surface area contributed by atoms with Gasteiger partial charge in [0.1, 0.15) is 11.9 Å². The van der Waals surface area contributed by atoms with Crippen LogP contribution in [0.15, 0.2) is 22.8 Å². The smallest absolute Gasteiger partial charge is 0.305 e. The molecular weight excluding hydrogens is 324 g/mol. The zero-order valence-electron chi connectivity index (χ0n) is 15.1. The average Bonchev–Trinajstić information content (AvgIpc) is 3.08. The molecule has 6 heteroatoms. The molecule has 0 spiro atoms. The summed E-state index contributed by atoms with van der Waals surface area (Å²) in [6.07, 6.45) is 6.51. The van der Waals surface area contributed by atoms with Crippen LogP contribution in [-0.4, -0.2) is 40.6 Å². The Bertz CT molecular complexity index is 522. The number of carbonyl (C=O) groups excluding carboxylic acids is 1. The summed E-state index contributed by atoms with van der Waals surface area (Å²) < 4.78 is 9.89. The van der Waals surface area contributed by atoms with Gasteiger partial charge in [0, 0.05) is 12.0 Å². The number of ether oxygens (including phenoxy) is 1. The lowest BCUT2D eigenvalue weighted by Gasteiger charge is -2.14. The molecule has 0 amide bonds. The first-order chi connectivity index (χ1) is 12.0. The van der Waals surface area contributed by atoms with Crippen molar-refractivity contribution in [1.29, 1.82) is 0 Å². The summed E-state index contributed by atoms with van der Waals surface area (Å²) in [4.78, 5) is 11.0. The molecule has 0 saturated carbocycles. The van der Waals surface area contributed by atoms with E-state index in [1.54, 1.807) is 12.1 Å². The van der Waals surface area contributed by atoms with Crippen molar-refractivity contribution in [2.75, 3.05) is 7.11 Å². The number of rotatable bonds is 12. The zero-order chi connectivity index (χ0) is 18.7. The number of unbranched alkanes of at least 4 members (excludes halogenated alkanes) is 2. The number of methoxy groups -OCH3 is 1. The molecule has 3 atom stereocenters. The van der Waals surface area contributed by atoms with E-state index in [4.69, 9.17) is 4.42 Å². The molecule has 0 aliphatic carbocycles. The molecule has 142 valence electrons. The molecule has 1 aromatic rings. The first-order valence-corrected chi connectivity index (χ1v) is 8.86. The van der Waals surface area contributed by atoms with Crippen LogP contribution in [0.25, 0.3) is 6.08 Å². The highest BCUT2D eigenvalue weighted by Crippen LogP contribution is 2.25. The van der Waals surface area contributed by atoms with Gasteiger partial charge in [0.2, 0.25) is 0 Å². The van der Waals surface area contributed by atoms with E-state index >= 15 is 0 Å². The minimum atomic E-state index is -1.06. The van der Waals surface area contributed by atoms with Crippen LogP contribution in [0.4, 0.5) is 0 Å². The Balaban J connectivity index is 2.51. The molecule has 0 aliphatic heterocycles. The van der Waals surface area contributed by atoms with E-state index in [-0.39, 0.29) is 12.4 Å². The van der Waals surface area contributed by atoms with Gasteiger partial charge in [0.15, 0.2) is 0 Å². The molecule has 3 N–H and O–H groups in total. The summed E-state index contributed by atoms with van der Waals surface area (Å²) in [5, 5.41) is 30.1. The van der Waals surface area contributed by atoms with Gasteiger partial charge in [-0.05, 0) is 25.3 Å². The van der Waals surface area contributed by atoms with Gasteiger partial charge in [-0.25, -0.2) is 0 Å². The predicted molar refractivity (Wildman–Crippen MR) is 94.7 cm³/mol. The maximum atomic E-state index is 11.0. The Morgan fingerprint density at radius 1 is 1.24 bits per heavy atom. The molecule has 0 aliphatic rings. The molecule has 1 rings (SSSR count). The number of hydrogen-bond acceptors (Lipinski definition) is 6. The third-order valence-electron chi connectivity index (χ3n) is 4.09. The van der Waals surface area contributed by atoms with Crippen LogP contribution in [0, 0.1) is 0 Å². The topological polar surface area (TPSA) is 100 Å². The first kappa shape index (κ1) is 21.4. The quantitative estimate of drug-likeness (QED) is 0.394. The van der Waals surface area contributed by atoms with Crippen molar-refractivity contribution >= 4 is 12.0 Å². The monoisotopic (exact) mass is 354 g/mol. The summed E-state index contributed by atoms with van der Waals surface area (Å²) in [6, 6.07) is 1.71. The summed E-state index contributed by atoms with van der Waals surface area (Å²) in [5.74, 6) is 0.136. The third-order valence-corrected chi connectivity index (χ3v) is 4.09. The molecule has 1 aromatic heterocycles. The third kappa shape index (κ3) is 7.86. The van der Waals surface area contributed by atoms with Gasteiger partial charge < -0.3 is 24.5 Å². The van der Waals surface area contributed by atoms with Crippen LogP contribution in [0.1, 0.15) is 69.3 Å². The maximum absolute atomic E-state index is 11.0. The first-order valence-electron chi connectivity index (χ1n) is 8.86. The Labute approximate surface area is 149 Å². The molecule has 0 fully saturated rings. The second-order valence-corrected chi connectivity index (χ2v) is 6.14. The van der Waals surface area contributed by atoms with Gasteiger partial charge >= 0.3 is 5.97 Å². The minimum Gasteiger partial charge on any atom is -0.469 e. The molecule has 0 radical (unpaired) electrons. The minimum absolute atomic E-state index is 0.208. The fourth-order valence-corrected chi connectivity index (χ4v) is 2.52. The zero-order valence-corrected chi connectivity index (χ0v) is 15.1. The van der Waals surface area contributed by atoms with Crippen molar-refractivity contribution in [2.45, 2.75) is 70.2 Å². The normalized spacial score (nSPS) is 15.2. The second kappa shape index (κ2) is 11.8. The van der Waals surface area contributed by atoms with Crippen LogP contribution in [0.5, 0.6) is 0 Å². The van der Waals surface area contributed by atoms with Gasteiger partial charge in [0.25, 0.3) is 0 Å². The van der Waals surface area contributed by atoms with Gasteiger partial charge in [-0.3, -0.25) is 4.79 Å². The van der Waals surface area contributed by atoms with Crippen molar-refractivity contribution in [1.82, 2.24) is 0 Å². The van der Waals surface area contributed by atoms with E-state index in [0.29, 0.717) is 30.6 Å². The fraction of sp³-hybridized carbons (Fsp3) is 0.632. The number of furan rings is 1. The predicted octanol–water partition coefficient (Wildman–Crippen LogP) is 2.97. The lowest BCUT2D eigenvalue weighted by molar-refractivity contribution is -0.140. The van der Waals surface area contributed by atoms with Crippen molar-refractivity contribution in [3.8, 4) is 0 Å². The van der Waals surface area contributed by atoms with Gasteiger partial charge in [0.05, 0.1) is 25.6 Å². The Morgan fingerprint density at radius 2 is 2.00 bits per heavy atom. The number of hydrogen-bond donors (Lipinski definition) is 3. The van der Waals surface area contributed by atoms with E-state index in [9.17, 15) is 20.1 Å². The summed E-state index contributed by atoms with van der Waals surface area (Å²) in [5.41, 5.74) is 0.685. The van der Waals surface area contributed by atoms with Crippen LogP contribution in [0.3, 0.4) is 0 Å². The summed E-state index contributed by atoms with van der Waals surface area (Å²) in [7, 11) is 1.32. The second-order valence-electron chi connectivity index (χ2n) is 6.14.